The third-order valence-electron chi connectivity index (χ3n) is 9.77. The Bertz CT molecular complexity index is 1770. The van der Waals surface area contributed by atoms with Crippen molar-refractivity contribution in [2.24, 2.45) is 23.7 Å². The summed E-state index contributed by atoms with van der Waals surface area (Å²) in [7, 11) is 1.54. The highest BCUT2D eigenvalue weighted by molar-refractivity contribution is 5.84. The topological polar surface area (TPSA) is 125 Å². The molecule has 4 aromatic rings. The fourth-order valence-electron chi connectivity index (χ4n) is 7.43. The normalized spacial score (nSPS) is 32.3. The van der Waals surface area contributed by atoms with Crippen LogP contribution in [-0.2, 0) is 10.3 Å². The third kappa shape index (κ3) is 4.46. The lowest BCUT2D eigenvalue weighted by Gasteiger charge is -2.44. The molecule has 2 aromatic carbocycles. The lowest BCUT2D eigenvalue weighted by molar-refractivity contribution is -0.147. The first kappa shape index (κ1) is 27.5. The van der Waals surface area contributed by atoms with E-state index in [1.54, 1.807) is 25.5 Å². The quantitative estimate of drug-likeness (QED) is 0.268. The van der Waals surface area contributed by atoms with Crippen LogP contribution in [0.5, 0.6) is 0 Å². The molecule has 3 aliphatic rings. The Kier molecular flexibility index (Phi) is 6.49. The average molecular weight is 581 g/mol. The molecule has 7 rings (SSSR count). The standard InChI is InChI=1S/C33H33FN6O3/c1-17-24-25(32(43)35-3)28(41)29(42)33(2,26(17)24)40-16-36-27-30(37-22-15-21(22)19-9-5-4-6-10-19)38-23(39-31(27)40)13-12-18-8-7-11-20(34)14-18/h4-11,14,16-17,21-22,24-26,28-29,41-42H,15H2,1-3H3,(H,35,43)(H,37,38,39)/t17?,21?,22?,24-,25-,26?,28+,29+,33-/m0/s1. The van der Waals surface area contributed by atoms with Crippen molar-refractivity contribution in [2.45, 2.75) is 50.0 Å². The second-order valence-corrected chi connectivity index (χ2v) is 12.2. The predicted molar refractivity (Wildman–Crippen MR) is 158 cm³/mol. The van der Waals surface area contributed by atoms with Gasteiger partial charge in [-0.1, -0.05) is 49.2 Å². The number of hydrogen-bond donors (Lipinski definition) is 4. The third-order valence-corrected chi connectivity index (χ3v) is 9.77. The number of nitrogens with zero attached hydrogens (tertiary/aromatic N) is 4. The molecule has 4 unspecified atom stereocenters. The van der Waals surface area contributed by atoms with Crippen molar-refractivity contribution in [3.8, 4) is 11.8 Å². The molecule has 220 valence electrons. The summed E-state index contributed by atoms with van der Waals surface area (Å²) in [6, 6.07) is 16.4. The number of hydrogen-bond acceptors (Lipinski definition) is 7. The smallest absolute Gasteiger partial charge is 0.225 e. The van der Waals surface area contributed by atoms with E-state index in [0.717, 1.165) is 6.42 Å². The summed E-state index contributed by atoms with van der Waals surface area (Å²) < 4.78 is 15.6. The van der Waals surface area contributed by atoms with E-state index in [1.807, 2.05) is 36.6 Å². The van der Waals surface area contributed by atoms with Gasteiger partial charge in [-0.15, -0.1) is 0 Å². The summed E-state index contributed by atoms with van der Waals surface area (Å²) in [5.74, 6) is 5.54. The maximum Gasteiger partial charge on any atom is 0.225 e. The van der Waals surface area contributed by atoms with Gasteiger partial charge in [0.2, 0.25) is 11.7 Å². The largest absolute Gasteiger partial charge is 0.389 e. The number of carbonyl (C=O) groups excluding carboxylic acids is 1. The minimum absolute atomic E-state index is 0.0846. The Morgan fingerprint density at radius 1 is 1.12 bits per heavy atom. The van der Waals surface area contributed by atoms with Crippen LogP contribution >= 0.6 is 0 Å². The Balaban J connectivity index is 1.31. The summed E-state index contributed by atoms with van der Waals surface area (Å²) in [4.78, 5) is 26.9. The number of carbonyl (C=O) groups is 1. The van der Waals surface area contributed by atoms with Gasteiger partial charge >= 0.3 is 0 Å². The van der Waals surface area contributed by atoms with Crippen LogP contribution in [-0.4, -0.2) is 60.9 Å². The van der Waals surface area contributed by atoms with Gasteiger partial charge in [-0.05, 0) is 60.8 Å². The molecule has 2 heterocycles. The number of imidazole rings is 1. The zero-order valence-electron chi connectivity index (χ0n) is 24.1. The zero-order valence-corrected chi connectivity index (χ0v) is 24.1. The molecule has 9 atom stereocenters. The molecule has 2 aromatic heterocycles. The Hall–Kier alpha value is -4.33. The maximum absolute atomic E-state index is 13.8. The molecule has 43 heavy (non-hydrogen) atoms. The molecule has 10 heteroatoms. The van der Waals surface area contributed by atoms with E-state index in [0.29, 0.717) is 28.5 Å². The van der Waals surface area contributed by atoms with Crippen LogP contribution in [0, 0.1) is 41.3 Å². The minimum atomic E-state index is -1.27. The molecule has 3 aliphatic carbocycles. The molecule has 0 aliphatic heterocycles. The van der Waals surface area contributed by atoms with Crippen LogP contribution in [0.1, 0.15) is 43.1 Å². The van der Waals surface area contributed by atoms with Crippen LogP contribution < -0.4 is 10.6 Å². The number of aliphatic hydroxyl groups excluding tert-OH is 2. The number of anilines is 1. The number of nitrogens with one attached hydrogen (secondary N) is 2. The lowest BCUT2D eigenvalue weighted by Crippen LogP contribution is -2.59. The van der Waals surface area contributed by atoms with Gasteiger partial charge < -0.3 is 25.4 Å². The van der Waals surface area contributed by atoms with Crippen molar-refractivity contribution in [1.82, 2.24) is 24.8 Å². The molecule has 4 N–H and O–H groups in total. The van der Waals surface area contributed by atoms with Gasteiger partial charge in [-0.2, -0.15) is 0 Å². The lowest BCUT2D eigenvalue weighted by atomic mass is 9.72. The van der Waals surface area contributed by atoms with E-state index in [9.17, 15) is 19.4 Å². The molecule has 3 saturated carbocycles. The molecule has 0 radical (unpaired) electrons. The molecular formula is C33H33FN6O3. The second-order valence-electron chi connectivity index (χ2n) is 12.2. The number of aliphatic hydroxyl groups is 2. The fourth-order valence-corrected chi connectivity index (χ4v) is 7.43. The van der Waals surface area contributed by atoms with E-state index in [-0.39, 0.29) is 41.3 Å². The predicted octanol–water partition coefficient (Wildman–Crippen LogP) is 3.03. The molecule has 0 saturated heterocycles. The summed E-state index contributed by atoms with van der Waals surface area (Å²) in [5, 5.41) is 29.0. The van der Waals surface area contributed by atoms with E-state index in [2.05, 4.69) is 34.6 Å². The van der Waals surface area contributed by atoms with Gasteiger partial charge in [0.15, 0.2) is 17.0 Å². The highest BCUT2D eigenvalue weighted by Gasteiger charge is 2.70. The van der Waals surface area contributed by atoms with E-state index in [4.69, 9.17) is 15.0 Å². The monoisotopic (exact) mass is 580 g/mol. The number of rotatable bonds is 5. The SMILES string of the molecule is CNC(=O)[C@H]1[C@@H]2C(C)C2[C@](C)(n2cnc3c(NC4CC4c4ccccc4)nc(C#Cc4cccc(F)c4)nc32)[C@H](O)[C@@H]1O. The van der Waals surface area contributed by atoms with Crippen molar-refractivity contribution < 1.29 is 19.4 Å². The highest BCUT2D eigenvalue weighted by Crippen LogP contribution is 2.64. The average Bonchev–Trinajstić information content (AvgIpc) is 3.88. The van der Waals surface area contributed by atoms with Gasteiger partial charge in [0.05, 0.1) is 23.9 Å². The van der Waals surface area contributed by atoms with Crippen LogP contribution in [0.4, 0.5) is 10.2 Å². The van der Waals surface area contributed by atoms with Gasteiger partial charge in [0.1, 0.15) is 11.9 Å². The summed E-state index contributed by atoms with van der Waals surface area (Å²) in [5.41, 5.74) is 1.73. The number of amides is 1. The molecular weight excluding hydrogens is 547 g/mol. The van der Waals surface area contributed by atoms with Gasteiger partial charge in [0.25, 0.3) is 0 Å². The van der Waals surface area contributed by atoms with Crippen LogP contribution in [0.15, 0.2) is 60.9 Å². The van der Waals surface area contributed by atoms with Crippen LogP contribution in [0.25, 0.3) is 11.2 Å². The highest BCUT2D eigenvalue weighted by atomic mass is 19.1. The molecule has 3 fully saturated rings. The van der Waals surface area contributed by atoms with Gasteiger partial charge in [-0.25, -0.2) is 19.3 Å². The molecule has 1 amide bonds. The van der Waals surface area contributed by atoms with Crippen LogP contribution in [0.3, 0.4) is 0 Å². The summed E-state index contributed by atoms with van der Waals surface area (Å²) >= 11 is 0. The first-order valence-corrected chi connectivity index (χ1v) is 14.6. The van der Waals surface area contributed by atoms with E-state index < -0.39 is 23.7 Å². The first-order chi connectivity index (χ1) is 20.7. The number of benzene rings is 2. The molecule has 9 nitrogen and oxygen atoms in total. The van der Waals surface area contributed by atoms with Crippen molar-refractivity contribution in [1.29, 1.82) is 0 Å². The van der Waals surface area contributed by atoms with E-state index >= 15 is 0 Å². The minimum Gasteiger partial charge on any atom is -0.389 e. The summed E-state index contributed by atoms with van der Waals surface area (Å²) in [6.07, 6.45) is 0.0512. The Morgan fingerprint density at radius 2 is 1.91 bits per heavy atom. The van der Waals surface area contributed by atoms with Crippen molar-refractivity contribution in [3.05, 3.63) is 83.7 Å². The zero-order chi connectivity index (χ0) is 30.0. The van der Waals surface area contributed by atoms with E-state index in [1.165, 1.54) is 17.7 Å². The van der Waals surface area contributed by atoms with Crippen LogP contribution in [0.2, 0.25) is 0 Å². The van der Waals surface area contributed by atoms with Crippen molar-refractivity contribution in [2.75, 3.05) is 12.4 Å². The first-order valence-electron chi connectivity index (χ1n) is 14.6. The number of fused-ring (bicyclic) bond motifs is 2. The molecule has 0 bridgehead atoms. The second kappa shape index (κ2) is 10.1. The fraction of sp³-hybridized carbons (Fsp3) is 0.394. The van der Waals surface area contributed by atoms with Gasteiger partial charge in [0, 0.05) is 24.6 Å². The Morgan fingerprint density at radius 3 is 2.65 bits per heavy atom. The van der Waals surface area contributed by atoms with Gasteiger partial charge in [-0.3, -0.25) is 4.79 Å². The number of aromatic nitrogens is 4. The van der Waals surface area contributed by atoms with Crippen molar-refractivity contribution >= 4 is 22.9 Å². The molecule has 0 spiro atoms. The number of halogens is 1. The van der Waals surface area contributed by atoms with Crippen molar-refractivity contribution in [3.63, 3.8) is 0 Å². The Labute approximate surface area is 248 Å². The maximum atomic E-state index is 13.8. The summed E-state index contributed by atoms with van der Waals surface area (Å²) in [6.45, 7) is 3.94.